The van der Waals surface area contributed by atoms with Gasteiger partial charge in [-0.2, -0.15) is 5.26 Å². The van der Waals surface area contributed by atoms with Crippen LogP contribution in [0, 0.1) is 11.3 Å². The predicted molar refractivity (Wildman–Crippen MR) is 171 cm³/mol. The van der Waals surface area contributed by atoms with E-state index in [1.807, 2.05) is 12.1 Å². The first-order valence-electron chi connectivity index (χ1n) is 13.9. The van der Waals surface area contributed by atoms with Crippen molar-refractivity contribution in [2.24, 2.45) is 0 Å². The minimum Gasteiger partial charge on any atom is -0.311 e. The number of fused-ring (bicyclic) bond motifs is 4. The van der Waals surface area contributed by atoms with Crippen molar-refractivity contribution in [2.75, 3.05) is 9.80 Å². The Morgan fingerprint density at radius 3 is 1.41 bits per heavy atom. The molecule has 0 aromatic heterocycles. The summed E-state index contributed by atoms with van der Waals surface area (Å²) in [4.78, 5) is 4.82. The lowest BCUT2D eigenvalue weighted by molar-refractivity contribution is 1.25. The van der Waals surface area contributed by atoms with Crippen molar-refractivity contribution in [3.63, 3.8) is 0 Å². The quantitative estimate of drug-likeness (QED) is 0.229. The molecule has 4 heteroatoms. The van der Waals surface area contributed by atoms with Crippen molar-refractivity contribution >= 4 is 57.2 Å². The van der Waals surface area contributed by atoms with Gasteiger partial charge in [-0.15, -0.1) is 0 Å². The Morgan fingerprint density at radius 2 is 0.927 bits per heavy atom. The monoisotopic (exact) mass is 521 g/mol. The van der Waals surface area contributed by atoms with Crippen molar-refractivity contribution in [3.05, 3.63) is 151 Å². The Kier molecular flexibility index (Phi) is 5.30. The van der Waals surface area contributed by atoms with Gasteiger partial charge in [-0.3, -0.25) is 0 Å². The third-order valence-corrected chi connectivity index (χ3v) is 8.26. The Hall–Kier alpha value is -5.53. The Bertz CT molecular complexity index is 1850. The van der Waals surface area contributed by atoms with E-state index in [2.05, 4.69) is 149 Å². The summed E-state index contributed by atoms with van der Waals surface area (Å²) in [6.07, 6.45) is 0. The van der Waals surface area contributed by atoms with Crippen LogP contribution >= 0.6 is 0 Å². The van der Waals surface area contributed by atoms with Crippen LogP contribution in [0.2, 0.25) is 0 Å². The summed E-state index contributed by atoms with van der Waals surface area (Å²) in [5, 5.41) is 9.42. The molecule has 0 amide bonds. The Morgan fingerprint density at radius 1 is 0.463 bits per heavy atom. The Labute approximate surface area is 240 Å². The summed E-state index contributed by atoms with van der Waals surface area (Å²) < 4.78 is 0. The third kappa shape index (κ3) is 3.60. The van der Waals surface area contributed by atoms with Crippen molar-refractivity contribution in [2.45, 2.75) is 0 Å². The van der Waals surface area contributed by atoms with Crippen LogP contribution in [0.5, 0.6) is 0 Å². The maximum absolute atomic E-state index is 9.42. The van der Waals surface area contributed by atoms with Gasteiger partial charge in [-0.05, 0) is 88.2 Å². The van der Waals surface area contributed by atoms with Crippen LogP contribution in [0.25, 0.3) is 11.1 Å². The van der Waals surface area contributed by atoms with Crippen LogP contribution in [-0.2, 0) is 0 Å². The van der Waals surface area contributed by atoms with E-state index in [-0.39, 0.29) is 6.71 Å². The van der Waals surface area contributed by atoms with Crippen molar-refractivity contribution in [1.29, 1.82) is 5.26 Å². The fraction of sp³-hybridized carbons (Fsp3) is 0. The zero-order chi connectivity index (χ0) is 27.3. The van der Waals surface area contributed by atoms with Gasteiger partial charge in [-0.1, -0.05) is 84.9 Å². The first kappa shape index (κ1) is 23.4. The van der Waals surface area contributed by atoms with E-state index in [0.717, 1.165) is 22.5 Å². The van der Waals surface area contributed by atoms with Gasteiger partial charge in [0.15, 0.2) is 0 Å². The van der Waals surface area contributed by atoms with Gasteiger partial charge < -0.3 is 9.80 Å². The van der Waals surface area contributed by atoms with Gasteiger partial charge in [0.2, 0.25) is 0 Å². The summed E-state index contributed by atoms with van der Waals surface area (Å²) in [5.74, 6) is 0. The normalized spacial score (nSPS) is 12.7. The lowest BCUT2D eigenvalue weighted by Gasteiger charge is -2.44. The van der Waals surface area contributed by atoms with Gasteiger partial charge in [0.05, 0.1) is 11.6 Å². The lowest BCUT2D eigenvalue weighted by atomic mass is 9.33. The molecule has 2 aliphatic rings. The highest BCUT2D eigenvalue weighted by Crippen LogP contribution is 2.45. The standard InChI is InChI=1S/C37H24BN3/c39-25-26-19-21-27(22-20-26)28-23-35-37-36(24-28)41(30-13-5-2-6-14-30)34-18-10-8-16-32(34)38(37)31-15-7-9-17-33(31)40(35)29-11-3-1-4-12-29/h1-24H. The maximum atomic E-state index is 9.42. The van der Waals surface area contributed by atoms with Gasteiger partial charge in [0, 0.05) is 34.1 Å². The van der Waals surface area contributed by atoms with Crippen LogP contribution in [0.15, 0.2) is 146 Å². The fourth-order valence-electron chi connectivity index (χ4n) is 6.51. The predicted octanol–water partition coefficient (Wildman–Crippen LogP) is 7.31. The third-order valence-electron chi connectivity index (χ3n) is 8.26. The number of hydrogen-bond acceptors (Lipinski definition) is 3. The molecule has 0 fully saturated rings. The zero-order valence-electron chi connectivity index (χ0n) is 22.3. The van der Waals surface area contributed by atoms with E-state index in [9.17, 15) is 5.26 Å². The smallest absolute Gasteiger partial charge is 0.252 e. The molecule has 2 aliphatic heterocycles. The number of benzene rings is 6. The molecule has 2 heterocycles. The number of nitriles is 1. The van der Waals surface area contributed by atoms with Gasteiger partial charge >= 0.3 is 0 Å². The molecule has 0 spiro atoms. The van der Waals surface area contributed by atoms with E-state index < -0.39 is 0 Å². The fourth-order valence-corrected chi connectivity index (χ4v) is 6.51. The topological polar surface area (TPSA) is 30.3 Å². The molecule has 0 unspecified atom stereocenters. The number of para-hydroxylation sites is 4. The second kappa shape index (κ2) is 9.29. The van der Waals surface area contributed by atoms with Gasteiger partial charge in [0.25, 0.3) is 6.71 Å². The van der Waals surface area contributed by atoms with E-state index >= 15 is 0 Å². The largest absolute Gasteiger partial charge is 0.311 e. The molecule has 0 atom stereocenters. The average molecular weight is 521 g/mol. The first-order valence-corrected chi connectivity index (χ1v) is 13.9. The molecule has 8 rings (SSSR count). The average Bonchev–Trinajstić information content (AvgIpc) is 3.05. The Balaban J connectivity index is 1.49. The van der Waals surface area contributed by atoms with Crippen LogP contribution < -0.4 is 26.2 Å². The molecule has 190 valence electrons. The van der Waals surface area contributed by atoms with Crippen molar-refractivity contribution in [1.82, 2.24) is 0 Å². The number of nitrogens with zero attached hydrogens (tertiary/aromatic N) is 3. The summed E-state index contributed by atoms with van der Waals surface area (Å²) in [5.41, 5.74) is 13.8. The first-order chi connectivity index (χ1) is 20.3. The molecule has 41 heavy (non-hydrogen) atoms. The lowest BCUT2D eigenvalue weighted by Crippen LogP contribution is -2.61. The van der Waals surface area contributed by atoms with E-state index in [1.54, 1.807) is 0 Å². The number of hydrogen-bond donors (Lipinski definition) is 0. The molecular weight excluding hydrogens is 497 g/mol. The molecule has 0 saturated carbocycles. The van der Waals surface area contributed by atoms with Crippen LogP contribution in [0.3, 0.4) is 0 Å². The minimum absolute atomic E-state index is 0.0994. The number of anilines is 6. The van der Waals surface area contributed by atoms with E-state index in [4.69, 9.17) is 0 Å². The van der Waals surface area contributed by atoms with Gasteiger partial charge in [0.1, 0.15) is 0 Å². The van der Waals surface area contributed by atoms with Crippen molar-refractivity contribution in [3.8, 4) is 17.2 Å². The molecule has 0 N–H and O–H groups in total. The highest BCUT2D eigenvalue weighted by Gasteiger charge is 2.43. The zero-order valence-corrected chi connectivity index (χ0v) is 22.3. The summed E-state index contributed by atoms with van der Waals surface area (Å²) >= 11 is 0. The highest BCUT2D eigenvalue weighted by atomic mass is 15.2. The highest BCUT2D eigenvalue weighted by molar-refractivity contribution is 7.00. The summed E-state index contributed by atoms with van der Waals surface area (Å²) in [6.45, 7) is 0.0994. The number of rotatable bonds is 3. The molecule has 0 saturated heterocycles. The molecular formula is C37H24BN3. The van der Waals surface area contributed by atoms with Gasteiger partial charge in [-0.25, -0.2) is 0 Å². The van der Waals surface area contributed by atoms with Crippen LogP contribution in [-0.4, -0.2) is 6.71 Å². The summed E-state index contributed by atoms with van der Waals surface area (Å²) in [6, 6.07) is 53.7. The van der Waals surface area contributed by atoms with Crippen LogP contribution in [0.1, 0.15) is 5.56 Å². The molecule has 0 bridgehead atoms. The van der Waals surface area contributed by atoms with Crippen molar-refractivity contribution < 1.29 is 0 Å². The van der Waals surface area contributed by atoms with E-state index in [1.165, 1.54) is 39.1 Å². The van der Waals surface area contributed by atoms with E-state index in [0.29, 0.717) is 5.56 Å². The second-order valence-corrected chi connectivity index (χ2v) is 10.5. The SMILES string of the molecule is N#Cc1ccc(-c2cc3c4c(c2)N(c2ccccc2)c2ccccc2B4c2ccccc2N3c2ccccc2)cc1. The minimum atomic E-state index is 0.0994. The summed E-state index contributed by atoms with van der Waals surface area (Å²) in [7, 11) is 0. The molecule has 0 aliphatic carbocycles. The molecule has 3 nitrogen and oxygen atoms in total. The molecule has 0 radical (unpaired) electrons. The second-order valence-electron chi connectivity index (χ2n) is 10.5. The van der Waals surface area contributed by atoms with Crippen LogP contribution in [0.4, 0.5) is 34.1 Å². The maximum Gasteiger partial charge on any atom is 0.252 e. The molecule has 6 aromatic rings. The molecule has 6 aromatic carbocycles.